The molecule has 7 heteroatoms. The van der Waals surface area contributed by atoms with E-state index in [-0.39, 0.29) is 40.6 Å². The Labute approximate surface area is 244 Å². The van der Waals surface area contributed by atoms with Crippen LogP contribution in [0.15, 0.2) is 48.7 Å². The van der Waals surface area contributed by atoms with Crippen LogP contribution in [-0.4, -0.2) is 46.9 Å². The van der Waals surface area contributed by atoms with E-state index in [1.165, 1.54) is 19.1 Å². The highest BCUT2D eigenvalue weighted by molar-refractivity contribution is 5.76. The molecule has 2 rings (SSSR count). The summed E-state index contributed by atoms with van der Waals surface area (Å²) in [4.78, 5) is 14.5. The lowest BCUT2D eigenvalue weighted by molar-refractivity contribution is -0.126. The van der Waals surface area contributed by atoms with E-state index in [0.717, 1.165) is 11.3 Å². The molecular weight excluding hydrogens is 509 g/mol. The smallest absolute Gasteiger partial charge is 0.155 e. The highest BCUT2D eigenvalue weighted by Gasteiger charge is 2.11. The van der Waals surface area contributed by atoms with Gasteiger partial charge in [0.25, 0.3) is 0 Å². The van der Waals surface area contributed by atoms with Crippen molar-refractivity contribution >= 4 is 5.78 Å². The lowest BCUT2D eigenvalue weighted by atomic mass is 10.2. The van der Waals surface area contributed by atoms with Crippen molar-refractivity contribution in [3.8, 4) is 0 Å². The second kappa shape index (κ2) is 19.0. The highest BCUT2D eigenvalue weighted by atomic mass is 19.1. The number of hydrogen-bond donors (Lipinski definition) is 0. The average Bonchev–Trinajstić information content (AvgIpc) is 2.80. The molecule has 0 bridgehead atoms. The molecule has 1 heterocycles. The van der Waals surface area contributed by atoms with Crippen LogP contribution in [0.25, 0.3) is 0 Å². The van der Waals surface area contributed by atoms with Crippen LogP contribution in [0.1, 0.15) is 101 Å². The number of halogens is 1. The van der Waals surface area contributed by atoms with Crippen LogP contribution in [0.2, 0.25) is 0 Å². The van der Waals surface area contributed by atoms with E-state index in [0.29, 0.717) is 13.2 Å². The first kappa shape index (κ1) is 40.0. The molecule has 0 radical (unpaired) electrons. The van der Waals surface area contributed by atoms with Crippen LogP contribution >= 0.6 is 0 Å². The summed E-state index contributed by atoms with van der Waals surface area (Å²) in [5.41, 5.74) is 1.44. The summed E-state index contributed by atoms with van der Waals surface area (Å²) in [5, 5.41) is 0. The molecule has 1 aromatic carbocycles. The number of ether oxygens (including phenoxy) is 4. The fraction of sp³-hybridized carbons (Fsp3) is 0.636. The van der Waals surface area contributed by atoms with Gasteiger partial charge in [-0.1, -0.05) is 18.2 Å². The lowest BCUT2D eigenvalue weighted by Gasteiger charge is -2.19. The van der Waals surface area contributed by atoms with Gasteiger partial charge in [-0.05, 0) is 120 Å². The van der Waals surface area contributed by atoms with E-state index in [1.54, 1.807) is 19.4 Å². The van der Waals surface area contributed by atoms with Crippen molar-refractivity contribution in [3.05, 3.63) is 65.7 Å². The van der Waals surface area contributed by atoms with Gasteiger partial charge in [-0.2, -0.15) is 0 Å². The first-order valence-electron chi connectivity index (χ1n) is 13.6. The largest absolute Gasteiger partial charge is 0.379 e. The fourth-order valence-electron chi connectivity index (χ4n) is 2.02. The summed E-state index contributed by atoms with van der Waals surface area (Å²) >= 11 is 0. The molecule has 6 nitrogen and oxygen atoms in total. The third-order valence-electron chi connectivity index (χ3n) is 4.26. The van der Waals surface area contributed by atoms with Crippen LogP contribution in [-0.2, 0) is 37.0 Å². The second-order valence-electron chi connectivity index (χ2n) is 13.2. The van der Waals surface area contributed by atoms with Crippen molar-refractivity contribution in [2.75, 3.05) is 13.7 Å². The minimum absolute atomic E-state index is 0.0417. The summed E-state index contributed by atoms with van der Waals surface area (Å²) in [6.07, 6.45) is 1.78. The van der Waals surface area contributed by atoms with E-state index >= 15 is 0 Å². The van der Waals surface area contributed by atoms with Gasteiger partial charge in [0.05, 0.1) is 41.3 Å². The van der Waals surface area contributed by atoms with Crippen molar-refractivity contribution < 1.29 is 28.1 Å². The highest BCUT2D eigenvalue weighted by Crippen LogP contribution is 2.12. The predicted octanol–water partition coefficient (Wildman–Crippen LogP) is 8.36. The Morgan fingerprint density at radius 2 is 1.23 bits per heavy atom. The number of aromatic nitrogens is 1. The molecule has 0 fully saturated rings. The second-order valence-corrected chi connectivity index (χ2v) is 13.2. The number of Topliss-reactive ketones (excluding diaryl/α,β-unsaturated/α-hetero) is 1. The maximum absolute atomic E-state index is 12.7. The number of carbonyl (C=O) groups excluding carboxylic acids is 1. The number of hydrogen-bond acceptors (Lipinski definition) is 6. The minimum Gasteiger partial charge on any atom is -0.379 e. The van der Waals surface area contributed by atoms with Gasteiger partial charge in [0.1, 0.15) is 12.4 Å². The van der Waals surface area contributed by atoms with Gasteiger partial charge in [-0.3, -0.25) is 9.78 Å². The molecule has 0 aliphatic carbocycles. The normalized spacial score (nSPS) is 11.7. The third kappa shape index (κ3) is 32.0. The first-order valence-corrected chi connectivity index (χ1v) is 13.6. The SMILES string of the molecule is CC(=O)COC(C)(C)C.CC(C)(C)OCc1cccc(F)c1.CC(C)(C)OCc1ccccn1.COC(C)(C)C. The number of ketones is 1. The van der Waals surface area contributed by atoms with Crippen LogP contribution < -0.4 is 0 Å². The van der Waals surface area contributed by atoms with E-state index in [4.69, 9.17) is 18.9 Å². The van der Waals surface area contributed by atoms with E-state index in [9.17, 15) is 9.18 Å². The number of nitrogens with zero attached hydrogens (tertiary/aromatic N) is 1. The van der Waals surface area contributed by atoms with Crippen molar-refractivity contribution in [3.63, 3.8) is 0 Å². The number of methoxy groups -OCH3 is 1. The standard InChI is InChI=1S/C11H15FO.C10H15NO.C7H14O2.C5H12O/c1-11(2,3)13-8-9-5-4-6-10(12)7-9;1-10(2,3)12-8-9-6-4-5-7-11-9;1-6(8)5-9-7(2,3)4;1-5(2,3)6-4/h4-7H,8H2,1-3H3;4-7H,8H2,1-3H3;5H2,1-4H3;1-4H3. The van der Waals surface area contributed by atoms with E-state index in [2.05, 4.69) is 4.98 Å². The molecule has 1 aromatic heterocycles. The zero-order chi connectivity index (χ0) is 31.6. The van der Waals surface area contributed by atoms with Gasteiger partial charge >= 0.3 is 0 Å². The molecule has 0 N–H and O–H groups in total. The molecule has 230 valence electrons. The Morgan fingerprint density at radius 1 is 0.725 bits per heavy atom. The molecule has 0 spiro atoms. The topological polar surface area (TPSA) is 66.9 Å². The van der Waals surface area contributed by atoms with Gasteiger partial charge in [-0.25, -0.2) is 4.39 Å². The molecule has 2 aromatic rings. The average molecular weight is 566 g/mol. The molecule has 0 amide bonds. The Morgan fingerprint density at radius 3 is 1.57 bits per heavy atom. The molecule has 0 unspecified atom stereocenters. The van der Waals surface area contributed by atoms with Crippen LogP contribution in [0.5, 0.6) is 0 Å². The summed E-state index contributed by atoms with van der Waals surface area (Å²) in [5.74, 6) is -0.139. The molecular formula is C33H56FNO5. The lowest BCUT2D eigenvalue weighted by Crippen LogP contribution is -2.22. The number of benzene rings is 1. The summed E-state index contributed by atoms with van der Waals surface area (Å²) in [7, 11) is 1.71. The van der Waals surface area contributed by atoms with Gasteiger partial charge in [0.15, 0.2) is 5.78 Å². The summed E-state index contributed by atoms with van der Waals surface area (Å²) in [6.45, 7) is 26.7. The molecule has 0 saturated carbocycles. The number of rotatable bonds is 6. The fourth-order valence-corrected chi connectivity index (χ4v) is 2.02. The quantitative estimate of drug-likeness (QED) is 0.351. The summed E-state index contributed by atoms with van der Waals surface area (Å²) < 4.78 is 33.9. The molecule has 0 aliphatic heterocycles. The van der Waals surface area contributed by atoms with Crippen molar-refractivity contribution in [1.82, 2.24) is 4.98 Å². The van der Waals surface area contributed by atoms with E-state index < -0.39 is 0 Å². The maximum Gasteiger partial charge on any atom is 0.155 e. The van der Waals surface area contributed by atoms with Crippen molar-refractivity contribution in [1.29, 1.82) is 0 Å². The van der Waals surface area contributed by atoms with Gasteiger partial charge in [0, 0.05) is 13.3 Å². The van der Waals surface area contributed by atoms with Crippen LogP contribution in [0, 0.1) is 5.82 Å². The van der Waals surface area contributed by atoms with Gasteiger partial charge in [0.2, 0.25) is 0 Å². The Kier molecular flexibility index (Phi) is 19.0. The minimum atomic E-state index is -0.213. The van der Waals surface area contributed by atoms with Crippen LogP contribution in [0.3, 0.4) is 0 Å². The van der Waals surface area contributed by atoms with Gasteiger partial charge < -0.3 is 18.9 Å². The first-order chi connectivity index (χ1) is 18.0. The zero-order valence-electron chi connectivity index (χ0n) is 27.6. The Hall–Kier alpha value is -2.19. The maximum atomic E-state index is 12.7. The molecule has 0 saturated heterocycles. The molecule has 40 heavy (non-hydrogen) atoms. The summed E-state index contributed by atoms with van der Waals surface area (Å²) in [6, 6.07) is 12.3. The number of pyridine rings is 1. The van der Waals surface area contributed by atoms with Gasteiger partial charge in [-0.15, -0.1) is 0 Å². The predicted molar refractivity (Wildman–Crippen MR) is 163 cm³/mol. The zero-order valence-corrected chi connectivity index (χ0v) is 27.6. The molecule has 0 aliphatic rings. The van der Waals surface area contributed by atoms with Crippen molar-refractivity contribution in [2.24, 2.45) is 0 Å². The van der Waals surface area contributed by atoms with Crippen molar-refractivity contribution in [2.45, 2.75) is 126 Å². The molecule has 0 atom stereocenters. The Bertz CT molecular complexity index is 921. The van der Waals surface area contributed by atoms with Crippen LogP contribution in [0.4, 0.5) is 4.39 Å². The third-order valence-corrected chi connectivity index (χ3v) is 4.26. The Balaban J connectivity index is 0. The number of carbonyl (C=O) groups is 1. The van der Waals surface area contributed by atoms with E-state index in [1.807, 2.05) is 107 Å². The monoisotopic (exact) mass is 565 g/mol.